The van der Waals surface area contributed by atoms with E-state index in [1.807, 2.05) is 50.4 Å². The van der Waals surface area contributed by atoms with Crippen LogP contribution in [0.1, 0.15) is 32.9 Å². The molecule has 1 amide bonds. The van der Waals surface area contributed by atoms with Crippen molar-refractivity contribution in [2.24, 2.45) is 4.99 Å². The van der Waals surface area contributed by atoms with E-state index in [2.05, 4.69) is 52.1 Å². The normalized spacial score (nSPS) is 11.1. The molecule has 132 valence electrons. The SMILES string of the molecule is Cc1cc(N=Cc2cc(C)n(NC(=O)c3ccccc3)c2C)ccc1I. The molecule has 0 fully saturated rings. The van der Waals surface area contributed by atoms with E-state index in [1.54, 1.807) is 16.8 Å². The predicted molar refractivity (Wildman–Crippen MR) is 115 cm³/mol. The fourth-order valence-corrected chi connectivity index (χ4v) is 3.03. The summed E-state index contributed by atoms with van der Waals surface area (Å²) in [7, 11) is 0. The second-order valence-corrected chi connectivity index (χ2v) is 7.32. The van der Waals surface area contributed by atoms with Gasteiger partial charge in [-0.3, -0.25) is 19.9 Å². The fourth-order valence-electron chi connectivity index (χ4n) is 2.70. The van der Waals surface area contributed by atoms with Crippen molar-refractivity contribution in [1.82, 2.24) is 4.68 Å². The van der Waals surface area contributed by atoms with E-state index in [4.69, 9.17) is 0 Å². The van der Waals surface area contributed by atoms with Crippen LogP contribution in [-0.4, -0.2) is 16.8 Å². The number of hydrogen-bond donors (Lipinski definition) is 1. The average Bonchev–Trinajstić information content (AvgIpc) is 2.91. The number of benzene rings is 2. The maximum absolute atomic E-state index is 12.4. The van der Waals surface area contributed by atoms with E-state index in [9.17, 15) is 4.79 Å². The maximum Gasteiger partial charge on any atom is 0.270 e. The number of rotatable bonds is 4. The van der Waals surface area contributed by atoms with Crippen LogP contribution in [0.15, 0.2) is 59.6 Å². The molecule has 0 aliphatic rings. The zero-order chi connectivity index (χ0) is 18.7. The molecule has 0 atom stereocenters. The number of nitrogens with zero attached hydrogens (tertiary/aromatic N) is 2. The summed E-state index contributed by atoms with van der Waals surface area (Å²) >= 11 is 2.31. The third-order valence-electron chi connectivity index (χ3n) is 4.21. The Morgan fingerprint density at radius 2 is 1.81 bits per heavy atom. The van der Waals surface area contributed by atoms with Gasteiger partial charge in [0.15, 0.2) is 0 Å². The first-order valence-corrected chi connectivity index (χ1v) is 9.39. The Morgan fingerprint density at radius 1 is 1.08 bits per heavy atom. The van der Waals surface area contributed by atoms with Crippen molar-refractivity contribution in [3.63, 3.8) is 0 Å². The van der Waals surface area contributed by atoms with Crippen LogP contribution >= 0.6 is 22.6 Å². The van der Waals surface area contributed by atoms with Gasteiger partial charge in [-0.15, -0.1) is 0 Å². The zero-order valence-corrected chi connectivity index (χ0v) is 17.1. The van der Waals surface area contributed by atoms with Crippen molar-refractivity contribution in [1.29, 1.82) is 0 Å². The molecule has 3 aromatic rings. The maximum atomic E-state index is 12.4. The van der Waals surface area contributed by atoms with Crippen molar-refractivity contribution >= 4 is 40.4 Å². The van der Waals surface area contributed by atoms with Crippen LogP contribution in [0, 0.1) is 24.3 Å². The number of aromatic nitrogens is 1. The van der Waals surface area contributed by atoms with Crippen LogP contribution < -0.4 is 5.43 Å². The van der Waals surface area contributed by atoms with E-state index in [0.717, 1.165) is 22.6 Å². The highest BCUT2D eigenvalue weighted by atomic mass is 127. The Labute approximate surface area is 167 Å². The number of hydrogen-bond acceptors (Lipinski definition) is 2. The summed E-state index contributed by atoms with van der Waals surface area (Å²) in [6.45, 7) is 6.01. The first kappa shape index (κ1) is 18.4. The lowest BCUT2D eigenvalue weighted by atomic mass is 10.2. The summed E-state index contributed by atoms with van der Waals surface area (Å²) in [5.41, 5.74) is 8.57. The fraction of sp³-hybridized carbons (Fsp3) is 0.143. The molecular weight excluding hydrogens is 437 g/mol. The predicted octanol–water partition coefficient (Wildman–Crippen LogP) is 5.15. The Balaban J connectivity index is 1.82. The van der Waals surface area contributed by atoms with Crippen molar-refractivity contribution in [3.8, 4) is 0 Å². The van der Waals surface area contributed by atoms with Gasteiger partial charge in [0.05, 0.1) is 5.69 Å². The van der Waals surface area contributed by atoms with Gasteiger partial charge in [-0.05, 0) is 85.3 Å². The lowest BCUT2D eigenvalue weighted by Crippen LogP contribution is -2.24. The van der Waals surface area contributed by atoms with Crippen LogP contribution in [-0.2, 0) is 0 Å². The molecule has 0 aliphatic heterocycles. The molecule has 0 saturated carbocycles. The first-order chi connectivity index (χ1) is 12.5. The number of aliphatic imine (C=N–C) groups is 1. The van der Waals surface area contributed by atoms with Gasteiger partial charge in [-0.25, -0.2) is 0 Å². The quantitative estimate of drug-likeness (QED) is 0.428. The standard InChI is InChI=1S/C21H20IN3O/c1-14-11-19(9-10-20(14)22)23-13-18-12-15(2)25(16(18)3)24-21(26)17-7-5-4-6-8-17/h4-13H,1-3H3,(H,24,26). The Morgan fingerprint density at radius 3 is 2.50 bits per heavy atom. The minimum atomic E-state index is -0.135. The molecule has 3 rings (SSSR count). The Hall–Kier alpha value is -2.41. The highest BCUT2D eigenvalue weighted by Crippen LogP contribution is 2.20. The summed E-state index contributed by atoms with van der Waals surface area (Å²) in [5.74, 6) is -0.135. The highest BCUT2D eigenvalue weighted by molar-refractivity contribution is 14.1. The number of amides is 1. The van der Waals surface area contributed by atoms with Crippen LogP contribution in [0.25, 0.3) is 0 Å². The van der Waals surface area contributed by atoms with E-state index >= 15 is 0 Å². The van der Waals surface area contributed by atoms with Crippen molar-refractivity contribution in [2.75, 3.05) is 5.43 Å². The van der Waals surface area contributed by atoms with Gasteiger partial charge in [0.2, 0.25) is 0 Å². The smallest absolute Gasteiger partial charge is 0.267 e. The van der Waals surface area contributed by atoms with Gasteiger partial charge in [0, 0.05) is 32.3 Å². The second kappa shape index (κ2) is 7.86. The third kappa shape index (κ3) is 4.04. The molecule has 0 saturated heterocycles. The molecule has 2 aromatic carbocycles. The molecule has 1 aromatic heterocycles. The summed E-state index contributed by atoms with van der Waals surface area (Å²) in [4.78, 5) is 17.0. The molecule has 0 bridgehead atoms. The second-order valence-electron chi connectivity index (χ2n) is 6.16. The molecule has 4 nitrogen and oxygen atoms in total. The van der Waals surface area contributed by atoms with Crippen LogP contribution in [0.4, 0.5) is 5.69 Å². The minimum absolute atomic E-state index is 0.135. The number of nitrogens with one attached hydrogen (secondary N) is 1. The highest BCUT2D eigenvalue weighted by Gasteiger charge is 2.11. The number of aryl methyl sites for hydroxylation is 2. The molecule has 0 spiro atoms. The molecule has 0 aliphatic carbocycles. The monoisotopic (exact) mass is 457 g/mol. The van der Waals surface area contributed by atoms with Gasteiger partial charge in [0.1, 0.15) is 0 Å². The molecular formula is C21H20IN3O. The van der Waals surface area contributed by atoms with Crippen LogP contribution in [0.2, 0.25) is 0 Å². The van der Waals surface area contributed by atoms with Gasteiger partial charge >= 0.3 is 0 Å². The van der Waals surface area contributed by atoms with Gasteiger partial charge < -0.3 is 0 Å². The average molecular weight is 457 g/mol. The summed E-state index contributed by atoms with van der Waals surface area (Å²) in [5, 5.41) is 0. The number of carbonyl (C=O) groups excluding carboxylic acids is 1. The summed E-state index contributed by atoms with van der Waals surface area (Å²) in [6.07, 6.45) is 1.84. The Bertz CT molecular complexity index is 974. The van der Waals surface area contributed by atoms with E-state index in [0.29, 0.717) is 5.56 Å². The lowest BCUT2D eigenvalue weighted by molar-refractivity contribution is 0.101. The molecule has 5 heteroatoms. The number of halogens is 1. The molecule has 1 N–H and O–H groups in total. The first-order valence-electron chi connectivity index (χ1n) is 8.31. The molecule has 0 radical (unpaired) electrons. The van der Waals surface area contributed by atoms with Crippen molar-refractivity contribution < 1.29 is 4.79 Å². The van der Waals surface area contributed by atoms with Crippen LogP contribution in [0.5, 0.6) is 0 Å². The zero-order valence-electron chi connectivity index (χ0n) is 15.0. The van der Waals surface area contributed by atoms with Gasteiger partial charge in [0.25, 0.3) is 5.91 Å². The summed E-state index contributed by atoms with van der Waals surface area (Å²) < 4.78 is 3.03. The van der Waals surface area contributed by atoms with Crippen LogP contribution in [0.3, 0.4) is 0 Å². The van der Waals surface area contributed by atoms with Crippen molar-refractivity contribution in [2.45, 2.75) is 20.8 Å². The molecule has 26 heavy (non-hydrogen) atoms. The topological polar surface area (TPSA) is 46.4 Å². The summed E-state index contributed by atoms with van der Waals surface area (Å²) in [6, 6.07) is 17.3. The van der Waals surface area contributed by atoms with Gasteiger partial charge in [-0.2, -0.15) is 0 Å². The van der Waals surface area contributed by atoms with E-state index < -0.39 is 0 Å². The lowest BCUT2D eigenvalue weighted by Gasteiger charge is -2.11. The molecule has 0 unspecified atom stereocenters. The largest absolute Gasteiger partial charge is 0.270 e. The van der Waals surface area contributed by atoms with Gasteiger partial charge in [-0.1, -0.05) is 18.2 Å². The third-order valence-corrected chi connectivity index (χ3v) is 5.42. The molecule has 1 heterocycles. The number of carbonyl (C=O) groups is 1. The Kier molecular flexibility index (Phi) is 5.56. The van der Waals surface area contributed by atoms with E-state index in [1.165, 1.54) is 9.13 Å². The van der Waals surface area contributed by atoms with E-state index in [-0.39, 0.29) is 5.91 Å². The van der Waals surface area contributed by atoms with Crippen molar-refractivity contribution in [3.05, 3.63) is 86.2 Å². The minimum Gasteiger partial charge on any atom is -0.267 e.